The van der Waals surface area contributed by atoms with Gasteiger partial charge in [0.25, 0.3) is 0 Å². The van der Waals surface area contributed by atoms with Crippen LogP contribution in [-0.4, -0.2) is 27.8 Å². The summed E-state index contributed by atoms with van der Waals surface area (Å²) in [7, 11) is -0.178. The Morgan fingerprint density at radius 3 is 2.19 bits per heavy atom. The average molecular weight is 242 g/mol. The van der Waals surface area contributed by atoms with Crippen LogP contribution in [0.3, 0.4) is 0 Å². The van der Waals surface area contributed by atoms with Gasteiger partial charge in [0.15, 0.2) is 0 Å². The average Bonchev–Trinajstić information content (AvgIpc) is 2.21. The lowest BCUT2D eigenvalue weighted by Crippen LogP contribution is -2.28. The van der Waals surface area contributed by atoms with E-state index in [0.29, 0.717) is 12.2 Å². The number of allylic oxidation sites excluding steroid dienone is 1. The van der Waals surface area contributed by atoms with Crippen molar-refractivity contribution in [3.8, 4) is 0 Å². The van der Waals surface area contributed by atoms with Crippen LogP contribution >= 0.6 is 0 Å². The highest BCUT2D eigenvalue weighted by Gasteiger charge is 2.27. The number of ether oxygens (including phenoxy) is 2. The Morgan fingerprint density at radius 1 is 1.31 bits per heavy atom. The smallest absolute Gasteiger partial charge is 0.340 e. The molecule has 0 bridgehead atoms. The van der Waals surface area contributed by atoms with Crippen molar-refractivity contribution in [2.75, 3.05) is 13.7 Å². The van der Waals surface area contributed by atoms with Gasteiger partial charge >= 0.3 is 5.97 Å². The number of carbonyl (C=O) groups excluding carboxylic acids is 1. The van der Waals surface area contributed by atoms with Gasteiger partial charge in [0, 0.05) is 0 Å². The summed E-state index contributed by atoms with van der Waals surface area (Å²) in [6, 6.07) is 0. The largest absolute Gasteiger partial charge is 0.501 e. The van der Waals surface area contributed by atoms with Crippen molar-refractivity contribution < 1.29 is 14.3 Å². The van der Waals surface area contributed by atoms with Crippen molar-refractivity contribution in [1.29, 1.82) is 0 Å². The SMILES string of the molecule is C/C=C(\C(=C/OCC)C(=O)OC)[Si](C)(C)C. The molecule has 0 aromatic carbocycles. The topological polar surface area (TPSA) is 35.5 Å². The van der Waals surface area contributed by atoms with Crippen molar-refractivity contribution in [1.82, 2.24) is 0 Å². The van der Waals surface area contributed by atoms with Gasteiger partial charge in [-0.25, -0.2) is 4.79 Å². The van der Waals surface area contributed by atoms with Crippen molar-refractivity contribution in [3.63, 3.8) is 0 Å². The van der Waals surface area contributed by atoms with Crippen LogP contribution in [0.1, 0.15) is 13.8 Å². The molecule has 0 heterocycles. The van der Waals surface area contributed by atoms with Crippen molar-refractivity contribution in [3.05, 3.63) is 23.1 Å². The highest BCUT2D eigenvalue weighted by Crippen LogP contribution is 2.23. The molecule has 0 saturated heterocycles. The molecule has 0 fully saturated rings. The molecule has 0 amide bonds. The van der Waals surface area contributed by atoms with E-state index in [1.807, 2.05) is 19.9 Å². The Balaban J connectivity index is 5.26. The maximum absolute atomic E-state index is 11.7. The molecule has 0 rings (SSSR count). The van der Waals surface area contributed by atoms with Crippen molar-refractivity contribution in [2.45, 2.75) is 33.5 Å². The zero-order chi connectivity index (χ0) is 12.8. The van der Waals surface area contributed by atoms with Gasteiger partial charge in [-0.1, -0.05) is 25.7 Å². The number of methoxy groups -OCH3 is 1. The molecule has 3 nitrogen and oxygen atoms in total. The van der Waals surface area contributed by atoms with Gasteiger partial charge in [-0.3, -0.25) is 0 Å². The minimum absolute atomic E-state index is 0.330. The van der Waals surface area contributed by atoms with Crippen LogP contribution in [0, 0.1) is 0 Å². The predicted molar refractivity (Wildman–Crippen MR) is 68.8 cm³/mol. The zero-order valence-electron chi connectivity index (χ0n) is 11.1. The number of hydrogen-bond donors (Lipinski definition) is 0. The molecule has 4 heteroatoms. The Bertz CT molecular complexity index is 298. The summed E-state index contributed by atoms with van der Waals surface area (Å²) >= 11 is 0. The highest BCUT2D eigenvalue weighted by molar-refractivity contribution is 6.84. The standard InChI is InChI=1S/C12H22O3Si/c1-7-11(16(4,5)6)10(9-15-8-2)12(13)14-3/h7,9H,8H2,1-6H3/b10-9+,11-7+. The lowest BCUT2D eigenvalue weighted by Gasteiger charge is -2.21. The lowest BCUT2D eigenvalue weighted by molar-refractivity contribution is -0.135. The molecule has 92 valence electrons. The molecule has 0 aromatic heterocycles. The molecule has 0 radical (unpaired) electrons. The van der Waals surface area contributed by atoms with Crippen molar-refractivity contribution >= 4 is 14.0 Å². The van der Waals surface area contributed by atoms with E-state index in [9.17, 15) is 4.79 Å². The fourth-order valence-electron chi connectivity index (χ4n) is 1.49. The second-order valence-corrected chi connectivity index (χ2v) is 9.47. The monoisotopic (exact) mass is 242 g/mol. The number of hydrogen-bond acceptors (Lipinski definition) is 3. The highest BCUT2D eigenvalue weighted by atomic mass is 28.3. The third-order valence-electron chi connectivity index (χ3n) is 2.16. The quantitative estimate of drug-likeness (QED) is 0.244. The van der Waals surface area contributed by atoms with E-state index in [0.717, 1.165) is 5.20 Å². The summed E-state index contributed by atoms with van der Waals surface area (Å²) in [5.74, 6) is -0.330. The molecule has 0 aromatic rings. The van der Waals surface area contributed by atoms with Crippen LogP contribution in [0.4, 0.5) is 0 Å². The van der Waals surface area contributed by atoms with Gasteiger partial charge in [-0.2, -0.15) is 0 Å². The van der Waals surface area contributed by atoms with Gasteiger partial charge in [-0.05, 0) is 19.0 Å². The molecular formula is C12H22O3Si. The van der Waals surface area contributed by atoms with Gasteiger partial charge in [0.1, 0.15) is 0 Å². The summed E-state index contributed by atoms with van der Waals surface area (Å²) in [5.41, 5.74) is 0.547. The Hall–Kier alpha value is -1.03. The third kappa shape index (κ3) is 4.22. The van der Waals surface area contributed by atoms with Crippen LogP contribution in [0.25, 0.3) is 0 Å². The van der Waals surface area contributed by atoms with Crippen LogP contribution in [0.2, 0.25) is 19.6 Å². The van der Waals surface area contributed by atoms with Gasteiger partial charge in [-0.15, -0.1) is 0 Å². The fraction of sp³-hybridized carbons (Fsp3) is 0.583. The minimum atomic E-state index is -1.57. The molecule has 0 aliphatic carbocycles. The van der Waals surface area contributed by atoms with Crippen LogP contribution in [-0.2, 0) is 14.3 Å². The van der Waals surface area contributed by atoms with E-state index in [1.165, 1.54) is 13.4 Å². The van der Waals surface area contributed by atoms with Crippen LogP contribution in [0.5, 0.6) is 0 Å². The van der Waals surface area contributed by atoms with Gasteiger partial charge < -0.3 is 9.47 Å². The minimum Gasteiger partial charge on any atom is -0.501 e. The second kappa shape index (κ2) is 6.53. The first-order valence-electron chi connectivity index (χ1n) is 5.45. The first-order valence-corrected chi connectivity index (χ1v) is 8.95. The van der Waals surface area contributed by atoms with Gasteiger partial charge in [0.2, 0.25) is 0 Å². The molecule has 0 saturated carbocycles. The molecule has 0 N–H and O–H groups in total. The Kier molecular flexibility index (Phi) is 6.11. The van der Waals surface area contributed by atoms with E-state index in [1.54, 1.807) is 0 Å². The predicted octanol–water partition coefficient (Wildman–Crippen LogP) is 2.90. The number of rotatable bonds is 5. The summed E-state index contributed by atoms with van der Waals surface area (Å²) in [6.45, 7) is 10.9. The summed E-state index contributed by atoms with van der Waals surface area (Å²) in [6.07, 6.45) is 3.49. The molecule has 0 aliphatic rings. The molecule has 0 spiro atoms. The summed E-state index contributed by atoms with van der Waals surface area (Å²) in [5, 5.41) is 1.06. The van der Waals surface area contributed by atoms with E-state index in [4.69, 9.17) is 9.47 Å². The first-order chi connectivity index (χ1) is 7.38. The number of esters is 1. The first kappa shape index (κ1) is 15.0. The molecule has 0 atom stereocenters. The number of carbonyl (C=O) groups is 1. The Labute approximate surface area is 99.1 Å². The van der Waals surface area contributed by atoms with E-state index in [2.05, 4.69) is 19.6 Å². The van der Waals surface area contributed by atoms with E-state index >= 15 is 0 Å². The third-order valence-corrected chi connectivity index (χ3v) is 4.33. The maximum Gasteiger partial charge on any atom is 0.340 e. The normalized spacial score (nSPS) is 13.6. The van der Waals surface area contributed by atoms with Crippen molar-refractivity contribution in [2.24, 2.45) is 0 Å². The Morgan fingerprint density at radius 2 is 1.88 bits per heavy atom. The van der Waals surface area contributed by atoms with E-state index < -0.39 is 8.07 Å². The summed E-state index contributed by atoms with van der Waals surface area (Å²) < 4.78 is 10.00. The summed E-state index contributed by atoms with van der Waals surface area (Å²) in [4.78, 5) is 11.7. The fourth-order valence-corrected chi connectivity index (χ4v) is 3.33. The maximum atomic E-state index is 11.7. The van der Waals surface area contributed by atoms with E-state index in [-0.39, 0.29) is 5.97 Å². The lowest BCUT2D eigenvalue weighted by atomic mass is 10.2. The second-order valence-electron chi connectivity index (χ2n) is 4.43. The van der Waals surface area contributed by atoms with Crippen LogP contribution < -0.4 is 0 Å². The molecule has 16 heavy (non-hydrogen) atoms. The molecule has 0 aliphatic heterocycles. The van der Waals surface area contributed by atoms with Crippen LogP contribution in [0.15, 0.2) is 23.1 Å². The van der Waals surface area contributed by atoms with Gasteiger partial charge in [0.05, 0.1) is 33.6 Å². The molecule has 0 unspecified atom stereocenters. The zero-order valence-corrected chi connectivity index (χ0v) is 12.1. The molecular weight excluding hydrogens is 220 g/mol.